The summed E-state index contributed by atoms with van der Waals surface area (Å²) >= 11 is 0. The molecule has 6 nitrogen and oxygen atoms in total. The molecule has 1 fully saturated rings. The van der Waals surface area contributed by atoms with Gasteiger partial charge in [-0.05, 0) is 26.3 Å². The molecular formula is C26H25F6N3O3. The van der Waals surface area contributed by atoms with E-state index in [1.807, 2.05) is 6.92 Å². The second-order valence-corrected chi connectivity index (χ2v) is 9.39. The van der Waals surface area contributed by atoms with Crippen molar-refractivity contribution in [1.82, 2.24) is 9.97 Å². The van der Waals surface area contributed by atoms with Crippen molar-refractivity contribution in [1.29, 1.82) is 0 Å². The van der Waals surface area contributed by atoms with Gasteiger partial charge in [-0.1, -0.05) is 25.1 Å². The largest absolute Gasteiger partial charge is 0.487 e. The first-order valence-electron chi connectivity index (χ1n) is 12.1. The second kappa shape index (κ2) is 9.18. The van der Waals surface area contributed by atoms with Gasteiger partial charge in [0.1, 0.15) is 30.2 Å². The number of benzene rings is 2. The summed E-state index contributed by atoms with van der Waals surface area (Å²) in [6.45, 7) is 6.11. The van der Waals surface area contributed by atoms with Crippen molar-refractivity contribution in [3.63, 3.8) is 0 Å². The number of nitrogens with zero attached hydrogens (tertiary/aromatic N) is 2. The van der Waals surface area contributed by atoms with Gasteiger partial charge in [-0.25, -0.2) is 18.7 Å². The quantitative estimate of drug-likeness (QED) is 0.385. The van der Waals surface area contributed by atoms with E-state index in [1.54, 1.807) is 19.1 Å². The predicted octanol–water partition coefficient (Wildman–Crippen LogP) is 6.27. The number of rotatable bonds is 5. The zero-order chi connectivity index (χ0) is 27.5. The van der Waals surface area contributed by atoms with E-state index in [-0.39, 0.29) is 17.5 Å². The number of alkyl halides is 5. The molecule has 204 valence electrons. The maximum absolute atomic E-state index is 15.2. The predicted molar refractivity (Wildman–Crippen MR) is 126 cm³/mol. The molecule has 38 heavy (non-hydrogen) atoms. The van der Waals surface area contributed by atoms with Crippen LogP contribution in [0.25, 0.3) is 10.9 Å². The van der Waals surface area contributed by atoms with Gasteiger partial charge in [0, 0.05) is 22.6 Å². The topological polar surface area (TPSA) is 65.5 Å². The van der Waals surface area contributed by atoms with E-state index in [4.69, 9.17) is 14.2 Å². The van der Waals surface area contributed by atoms with E-state index >= 15 is 4.39 Å². The van der Waals surface area contributed by atoms with Crippen LogP contribution < -0.4 is 14.8 Å². The van der Waals surface area contributed by atoms with Crippen LogP contribution in [0.5, 0.6) is 11.5 Å². The molecule has 2 atom stereocenters. The smallest absolute Gasteiger partial charge is 0.357 e. The fourth-order valence-corrected chi connectivity index (χ4v) is 4.57. The fourth-order valence-electron chi connectivity index (χ4n) is 4.57. The number of nitrogens with one attached hydrogen (secondary N) is 1. The van der Waals surface area contributed by atoms with Crippen LogP contribution in [-0.2, 0) is 10.4 Å². The lowest BCUT2D eigenvalue weighted by atomic mass is 9.99. The highest BCUT2D eigenvalue weighted by Crippen LogP contribution is 2.73. The van der Waals surface area contributed by atoms with Crippen LogP contribution in [0.15, 0.2) is 30.3 Å². The summed E-state index contributed by atoms with van der Waals surface area (Å²) in [5.41, 5.74) is -5.60. The molecule has 0 amide bonds. The highest BCUT2D eigenvalue weighted by atomic mass is 19.3. The van der Waals surface area contributed by atoms with Crippen molar-refractivity contribution >= 4 is 16.7 Å². The summed E-state index contributed by atoms with van der Waals surface area (Å²) in [4.78, 5) is 8.83. The molecule has 0 radical (unpaired) electrons. The van der Waals surface area contributed by atoms with Crippen LogP contribution in [0.1, 0.15) is 43.3 Å². The van der Waals surface area contributed by atoms with E-state index in [1.165, 1.54) is 13.0 Å². The van der Waals surface area contributed by atoms with Crippen LogP contribution in [0.2, 0.25) is 0 Å². The number of hydrogen-bond donors (Lipinski definition) is 1. The summed E-state index contributed by atoms with van der Waals surface area (Å²) in [6, 6.07) is 5.24. The van der Waals surface area contributed by atoms with E-state index in [0.29, 0.717) is 60.5 Å². The standard InChI is InChI=1S/C26H25F6N3O3/c1-4-15-12-36-8-9-37-20-11-19-17(10-21(20)38-15)23(35-14(3)34-19)33-13(2)16-6-5-7-18(22(16)27)24(28)25(29,30)26(24,31)32/h5-7,10-11,13,15H,4,8-9,12H2,1-3H3,(H,33,34,35). The van der Waals surface area contributed by atoms with Crippen LogP contribution in [0.4, 0.5) is 32.2 Å². The SMILES string of the molecule is CCC1COCCOc2cc3nc(C)nc(NC(C)c4cccc(C5(F)C(F)(F)C5(F)F)c4F)c3cc2O1. The van der Waals surface area contributed by atoms with Gasteiger partial charge in [0.15, 0.2) is 11.5 Å². The summed E-state index contributed by atoms with van der Waals surface area (Å²) in [5, 5.41) is 3.47. The molecule has 0 saturated heterocycles. The molecule has 2 aliphatic rings. The molecule has 0 bridgehead atoms. The van der Waals surface area contributed by atoms with Crippen molar-refractivity contribution in [3.8, 4) is 11.5 Å². The summed E-state index contributed by atoms with van der Waals surface area (Å²) < 4.78 is 102. The number of hydrogen-bond acceptors (Lipinski definition) is 6. The maximum Gasteiger partial charge on any atom is 0.357 e. The molecule has 2 aromatic carbocycles. The molecule has 1 saturated carbocycles. The zero-order valence-corrected chi connectivity index (χ0v) is 20.8. The normalized spacial score (nSPS) is 22.2. The lowest BCUT2D eigenvalue weighted by Gasteiger charge is -2.21. The Morgan fingerprint density at radius 1 is 1.05 bits per heavy atom. The number of anilines is 1. The van der Waals surface area contributed by atoms with Crippen LogP contribution >= 0.6 is 0 Å². The van der Waals surface area contributed by atoms with Gasteiger partial charge < -0.3 is 19.5 Å². The van der Waals surface area contributed by atoms with Crippen molar-refractivity contribution in [3.05, 3.63) is 53.1 Å². The molecule has 12 heteroatoms. The lowest BCUT2D eigenvalue weighted by molar-refractivity contribution is -0.0278. The number of ether oxygens (including phenoxy) is 3. The second-order valence-electron chi connectivity index (χ2n) is 9.39. The molecule has 1 aromatic heterocycles. The Morgan fingerprint density at radius 3 is 2.47 bits per heavy atom. The fraction of sp³-hybridized carbons (Fsp3) is 0.462. The molecule has 5 rings (SSSR count). The Labute approximate surface area is 214 Å². The van der Waals surface area contributed by atoms with Crippen LogP contribution in [0.3, 0.4) is 0 Å². The molecule has 2 heterocycles. The van der Waals surface area contributed by atoms with Gasteiger partial charge in [-0.15, -0.1) is 0 Å². The highest BCUT2D eigenvalue weighted by Gasteiger charge is 3.00. The lowest BCUT2D eigenvalue weighted by Crippen LogP contribution is -2.22. The third-order valence-corrected chi connectivity index (χ3v) is 6.83. The Kier molecular flexibility index (Phi) is 6.36. The number of fused-ring (bicyclic) bond motifs is 2. The maximum atomic E-state index is 15.2. The Morgan fingerprint density at radius 2 is 1.79 bits per heavy atom. The number of aromatic nitrogens is 2. The molecule has 1 aliphatic carbocycles. The van der Waals surface area contributed by atoms with Crippen LogP contribution in [0, 0.1) is 12.7 Å². The van der Waals surface area contributed by atoms with Crippen molar-refractivity contribution in [2.45, 2.75) is 56.9 Å². The van der Waals surface area contributed by atoms with Gasteiger partial charge in [0.2, 0.25) is 0 Å². The molecule has 1 N–H and O–H groups in total. The average Bonchev–Trinajstić information content (AvgIpc) is 3.15. The molecule has 0 spiro atoms. The third kappa shape index (κ3) is 3.91. The number of aryl methyl sites for hydroxylation is 1. The van der Waals surface area contributed by atoms with Crippen molar-refractivity contribution in [2.24, 2.45) is 0 Å². The van der Waals surface area contributed by atoms with Crippen LogP contribution in [-0.4, -0.2) is 47.7 Å². The summed E-state index contributed by atoms with van der Waals surface area (Å²) in [6.07, 6.45) is 0.437. The molecule has 3 aromatic rings. The number of halogens is 6. The highest BCUT2D eigenvalue weighted by molar-refractivity contribution is 5.92. The first-order valence-corrected chi connectivity index (χ1v) is 12.1. The minimum absolute atomic E-state index is 0.238. The van der Waals surface area contributed by atoms with E-state index in [9.17, 15) is 22.0 Å². The first-order chi connectivity index (χ1) is 17.9. The van der Waals surface area contributed by atoms with E-state index in [2.05, 4.69) is 15.3 Å². The van der Waals surface area contributed by atoms with Gasteiger partial charge in [-0.3, -0.25) is 0 Å². The minimum atomic E-state index is -5.00. The van der Waals surface area contributed by atoms with Gasteiger partial charge in [-0.2, -0.15) is 17.6 Å². The summed E-state index contributed by atoms with van der Waals surface area (Å²) in [5.74, 6) is -10.0. The molecule has 1 aliphatic heterocycles. The third-order valence-electron chi connectivity index (χ3n) is 6.83. The van der Waals surface area contributed by atoms with Crippen molar-refractivity contribution < 1.29 is 40.6 Å². The zero-order valence-electron chi connectivity index (χ0n) is 20.8. The average molecular weight is 541 g/mol. The van der Waals surface area contributed by atoms with Crippen molar-refractivity contribution in [2.75, 3.05) is 25.1 Å². The summed E-state index contributed by atoms with van der Waals surface area (Å²) in [7, 11) is 0. The molecular weight excluding hydrogens is 516 g/mol. The van der Waals surface area contributed by atoms with Gasteiger partial charge in [0.05, 0.1) is 24.8 Å². The Bertz CT molecular complexity index is 1370. The first kappa shape index (κ1) is 26.3. The van der Waals surface area contributed by atoms with Gasteiger partial charge in [0.25, 0.3) is 5.67 Å². The van der Waals surface area contributed by atoms with Gasteiger partial charge >= 0.3 is 11.8 Å². The van der Waals surface area contributed by atoms with E-state index in [0.717, 1.165) is 6.07 Å². The Hall–Kier alpha value is -3.28. The van der Waals surface area contributed by atoms with E-state index < -0.39 is 34.9 Å². The molecule has 2 unspecified atom stereocenters. The Balaban J connectivity index is 1.52. The monoisotopic (exact) mass is 541 g/mol. The minimum Gasteiger partial charge on any atom is -0.487 e.